The monoisotopic (exact) mass is 285 g/mol. The van der Waals surface area contributed by atoms with Crippen molar-refractivity contribution in [3.63, 3.8) is 0 Å². The van der Waals surface area contributed by atoms with Crippen LogP contribution in [0.4, 0.5) is 5.69 Å². The van der Waals surface area contributed by atoms with Crippen molar-refractivity contribution >= 4 is 5.69 Å². The van der Waals surface area contributed by atoms with Gasteiger partial charge in [-0.2, -0.15) is 5.26 Å². The molecule has 0 aliphatic heterocycles. The van der Waals surface area contributed by atoms with E-state index in [1.54, 1.807) is 6.20 Å². The number of benzene rings is 2. The fraction of sp³-hybridized carbons (Fsp3) is 0.0526. The van der Waals surface area contributed by atoms with E-state index in [-0.39, 0.29) is 0 Å². The predicted molar refractivity (Wildman–Crippen MR) is 88.2 cm³/mol. The number of nitrogens with one attached hydrogen (secondary N) is 1. The third kappa shape index (κ3) is 3.31. The molecule has 0 radical (unpaired) electrons. The molecular weight excluding hydrogens is 270 g/mol. The number of anilines is 1. The summed E-state index contributed by atoms with van der Waals surface area (Å²) in [6.45, 7) is 0.741. The van der Waals surface area contributed by atoms with Gasteiger partial charge in [0.1, 0.15) is 0 Å². The first-order chi connectivity index (χ1) is 10.8. The van der Waals surface area contributed by atoms with Crippen molar-refractivity contribution < 1.29 is 0 Å². The summed E-state index contributed by atoms with van der Waals surface area (Å²) in [5.74, 6) is 0. The van der Waals surface area contributed by atoms with Gasteiger partial charge in [0.25, 0.3) is 0 Å². The second-order valence-electron chi connectivity index (χ2n) is 4.98. The largest absolute Gasteiger partial charge is 0.381 e. The molecule has 3 rings (SSSR count). The van der Waals surface area contributed by atoms with E-state index < -0.39 is 0 Å². The van der Waals surface area contributed by atoms with Gasteiger partial charge in [0.05, 0.1) is 11.6 Å². The third-order valence-corrected chi connectivity index (χ3v) is 3.43. The maximum Gasteiger partial charge on any atom is 0.0991 e. The number of pyridine rings is 1. The molecule has 1 N–H and O–H groups in total. The van der Waals surface area contributed by atoms with Crippen LogP contribution in [0.2, 0.25) is 0 Å². The SMILES string of the molecule is N#Cc1ccc(-c2cccc(NCc3cccnc3)c2)cc1. The molecule has 1 aromatic heterocycles. The van der Waals surface area contributed by atoms with Crippen molar-refractivity contribution in [2.45, 2.75) is 6.54 Å². The Balaban J connectivity index is 1.76. The van der Waals surface area contributed by atoms with Gasteiger partial charge in [0.15, 0.2) is 0 Å². The van der Waals surface area contributed by atoms with Crippen LogP contribution in [0.25, 0.3) is 11.1 Å². The van der Waals surface area contributed by atoms with Gasteiger partial charge in [-0.05, 0) is 47.0 Å². The van der Waals surface area contributed by atoms with Gasteiger partial charge in [-0.15, -0.1) is 0 Å². The zero-order chi connectivity index (χ0) is 15.2. The van der Waals surface area contributed by atoms with Crippen LogP contribution >= 0.6 is 0 Å². The highest BCUT2D eigenvalue weighted by Crippen LogP contribution is 2.23. The first-order valence-corrected chi connectivity index (χ1v) is 7.08. The van der Waals surface area contributed by atoms with E-state index >= 15 is 0 Å². The van der Waals surface area contributed by atoms with Crippen LogP contribution in [-0.2, 0) is 6.54 Å². The van der Waals surface area contributed by atoms with Gasteiger partial charge >= 0.3 is 0 Å². The number of hydrogen-bond acceptors (Lipinski definition) is 3. The van der Waals surface area contributed by atoms with E-state index in [0.717, 1.165) is 28.9 Å². The van der Waals surface area contributed by atoms with Gasteiger partial charge in [0.2, 0.25) is 0 Å². The highest BCUT2D eigenvalue weighted by atomic mass is 14.9. The molecule has 0 aliphatic rings. The summed E-state index contributed by atoms with van der Waals surface area (Å²) in [6, 6.07) is 22.0. The lowest BCUT2D eigenvalue weighted by atomic mass is 10.0. The Morgan fingerprint density at radius 1 is 0.955 bits per heavy atom. The van der Waals surface area contributed by atoms with Gasteiger partial charge < -0.3 is 5.32 Å². The van der Waals surface area contributed by atoms with Crippen LogP contribution in [0.1, 0.15) is 11.1 Å². The van der Waals surface area contributed by atoms with E-state index in [9.17, 15) is 0 Å². The Hall–Kier alpha value is -3.12. The first-order valence-electron chi connectivity index (χ1n) is 7.08. The van der Waals surface area contributed by atoms with E-state index in [2.05, 4.69) is 28.5 Å². The molecule has 3 aromatic rings. The summed E-state index contributed by atoms with van der Waals surface area (Å²) in [7, 11) is 0. The summed E-state index contributed by atoms with van der Waals surface area (Å²) in [4.78, 5) is 4.11. The van der Waals surface area contributed by atoms with Crippen LogP contribution < -0.4 is 5.32 Å². The normalized spacial score (nSPS) is 9.95. The Bertz CT molecular complexity index is 787. The predicted octanol–water partition coefficient (Wildman–Crippen LogP) is 4.23. The van der Waals surface area contributed by atoms with Crippen molar-refractivity contribution in [1.82, 2.24) is 4.98 Å². The Morgan fingerprint density at radius 3 is 2.55 bits per heavy atom. The fourth-order valence-electron chi connectivity index (χ4n) is 2.25. The number of nitriles is 1. The van der Waals surface area contributed by atoms with Gasteiger partial charge in [-0.1, -0.05) is 30.3 Å². The number of nitrogens with zero attached hydrogens (tertiary/aromatic N) is 2. The van der Waals surface area contributed by atoms with E-state index in [0.29, 0.717) is 5.56 Å². The van der Waals surface area contributed by atoms with Crippen LogP contribution in [0.15, 0.2) is 73.1 Å². The number of hydrogen-bond donors (Lipinski definition) is 1. The Kier molecular flexibility index (Phi) is 4.12. The number of rotatable bonds is 4. The Morgan fingerprint density at radius 2 is 1.82 bits per heavy atom. The highest BCUT2D eigenvalue weighted by Gasteiger charge is 2.00. The smallest absolute Gasteiger partial charge is 0.0991 e. The van der Waals surface area contributed by atoms with Crippen molar-refractivity contribution in [3.05, 3.63) is 84.2 Å². The van der Waals surface area contributed by atoms with Crippen molar-refractivity contribution in [1.29, 1.82) is 5.26 Å². The van der Waals surface area contributed by atoms with E-state index in [1.165, 1.54) is 0 Å². The minimum atomic E-state index is 0.676. The summed E-state index contributed by atoms with van der Waals surface area (Å²) in [5, 5.41) is 12.3. The molecule has 3 nitrogen and oxygen atoms in total. The maximum atomic E-state index is 8.86. The van der Waals surface area contributed by atoms with Gasteiger partial charge in [-0.25, -0.2) is 0 Å². The average Bonchev–Trinajstić information content (AvgIpc) is 2.61. The average molecular weight is 285 g/mol. The molecule has 22 heavy (non-hydrogen) atoms. The number of aromatic nitrogens is 1. The molecule has 0 fully saturated rings. The van der Waals surface area contributed by atoms with Crippen LogP contribution in [-0.4, -0.2) is 4.98 Å². The van der Waals surface area contributed by atoms with Crippen LogP contribution in [0, 0.1) is 11.3 Å². The molecule has 1 heterocycles. The topological polar surface area (TPSA) is 48.7 Å². The molecule has 0 saturated carbocycles. The maximum absolute atomic E-state index is 8.86. The van der Waals surface area contributed by atoms with Crippen molar-refractivity contribution in [2.24, 2.45) is 0 Å². The second-order valence-corrected chi connectivity index (χ2v) is 4.98. The summed E-state index contributed by atoms with van der Waals surface area (Å²) in [6.07, 6.45) is 3.63. The molecule has 0 saturated heterocycles. The molecule has 0 unspecified atom stereocenters. The van der Waals surface area contributed by atoms with E-state index in [1.807, 2.05) is 54.7 Å². The standard InChI is InChI=1S/C19H15N3/c20-12-15-6-8-17(9-7-15)18-4-1-5-19(11-18)22-14-16-3-2-10-21-13-16/h1-11,13,22H,14H2. The lowest BCUT2D eigenvalue weighted by Crippen LogP contribution is -1.99. The zero-order valence-corrected chi connectivity index (χ0v) is 12.0. The molecule has 2 aromatic carbocycles. The zero-order valence-electron chi connectivity index (χ0n) is 12.0. The molecule has 0 spiro atoms. The quantitative estimate of drug-likeness (QED) is 0.780. The fourth-order valence-corrected chi connectivity index (χ4v) is 2.25. The third-order valence-electron chi connectivity index (χ3n) is 3.43. The van der Waals surface area contributed by atoms with E-state index in [4.69, 9.17) is 5.26 Å². The summed E-state index contributed by atoms with van der Waals surface area (Å²) < 4.78 is 0. The van der Waals surface area contributed by atoms with Crippen molar-refractivity contribution in [3.8, 4) is 17.2 Å². The van der Waals surface area contributed by atoms with Gasteiger partial charge in [0, 0.05) is 24.6 Å². The molecule has 0 bridgehead atoms. The molecule has 106 valence electrons. The van der Waals surface area contributed by atoms with Gasteiger partial charge in [-0.3, -0.25) is 4.98 Å². The summed E-state index contributed by atoms with van der Waals surface area (Å²) in [5.41, 5.74) is 5.11. The molecule has 0 aliphatic carbocycles. The molecular formula is C19H15N3. The minimum absolute atomic E-state index is 0.676. The van der Waals surface area contributed by atoms with Crippen LogP contribution in [0.3, 0.4) is 0 Å². The highest BCUT2D eigenvalue weighted by molar-refractivity contribution is 5.68. The summed E-state index contributed by atoms with van der Waals surface area (Å²) >= 11 is 0. The molecule has 3 heteroatoms. The van der Waals surface area contributed by atoms with Crippen molar-refractivity contribution in [2.75, 3.05) is 5.32 Å². The second kappa shape index (κ2) is 6.55. The first kappa shape index (κ1) is 13.8. The van der Waals surface area contributed by atoms with Crippen LogP contribution in [0.5, 0.6) is 0 Å². The minimum Gasteiger partial charge on any atom is -0.381 e. The Labute approximate surface area is 129 Å². The molecule has 0 atom stereocenters. The lowest BCUT2D eigenvalue weighted by Gasteiger charge is -2.09. The lowest BCUT2D eigenvalue weighted by molar-refractivity contribution is 1.11. The molecule has 0 amide bonds.